The van der Waals surface area contributed by atoms with E-state index in [9.17, 15) is 28.0 Å². The van der Waals surface area contributed by atoms with E-state index >= 15 is 0 Å². The number of rotatable bonds is 24. The van der Waals surface area contributed by atoms with Crippen LogP contribution in [0.1, 0.15) is 38.5 Å². The minimum absolute atomic E-state index is 0.0980. The second kappa shape index (κ2) is 39.4. The maximum Gasteiger partial charge on any atom is 0.320 e. The van der Waals surface area contributed by atoms with Gasteiger partial charge in [-0.1, -0.05) is 156 Å². The molecule has 8 heterocycles. The molecule has 0 atom stereocenters. The summed E-state index contributed by atoms with van der Waals surface area (Å²) in [6, 6.07) is 53.6. The maximum absolute atomic E-state index is 14.5. The molecule has 1 aliphatic rings. The number of aromatic nitrogens is 13. The van der Waals surface area contributed by atoms with Gasteiger partial charge in [0.15, 0.2) is 34.9 Å². The topological polar surface area (TPSA) is 357 Å². The fourth-order valence-electron chi connectivity index (χ4n) is 12.8. The average Bonchev–Trinajstić information content (AvgIpc) is 1.64. The van der Waals surface area contributed by atoms with E-state index in [0.717, 1.165) is 129 Å². The molecule has 1 aliphatic heterocycles. The number of urea groups is 4. The van der Waals surface area contributed by atoms with E-state index in [4.69, 9.17) is 40.5 Å². The predicted octanol–water partition coefficient (Wildman–Crippen LogP) is 17.1. The number of carbonyl (C=O) groups is 4. The van der Waals surface area contributed by atoms with Crippen LogP contribution in [-0.2, 0) is 13.1 Å². The first-order valence-electron chi connectivity index (χ1n) is 37.3. The molecule has 0 aliphatic carbocycles. The van der Waals surface area contributed by atoms with Crippen LogP contribution in [0.5, 0.6) is 0 Å². The van der Waals surface area contributed by atoms with Crippen LogP contribution in [0.3, 0.4) is 0 Å². The molecule has 16 rings (SSSR count). The number of imidazole rings is 2. The van der Waals surface area contributed by atoms with Gasteiger partial charge < -0.3 is 41.0 Å². The lowest BCUT2D eigenvalue weighted by Gasteiger charge is -2.14. The Morgan fingerprint density at radius 1 is 0.426 bits per heavy atom. The first-order chi connectivity index (χ1) is 56.2. The first-order valence-corrected chi connectivity index (χ1v) is 38.4. The molecule has 0 spiro atoms. The van der Waals surface area contributed by atoms with Crippen LogP contribution in [0.15, 0.2) is 220 Å². The third-order valence-electron chi connectivity index (χ3n) is 18.7. The van der Waals surface area contributed by atoms with Crippen molar-refractivity contribution >= 4 is 126 Å². The summed E-state index contributed by atoms with van der Waals surface area (Å²) in [6.45, 7) is 7.32. The zero-order valence-corrected chi connectivity index (χ0v) is 64.4. The highest BCUT2D eigenvalue weighted by atomic mass is 35.5. The summed E-state index contributed by atoms with van der Waals surface area (Å²) in [7, 11) is 0. The van der Waals surface area contributed by atoms with Gasteiger partial charge in [-0.15, -0.1) is 0 Å². The Morgan fingerprint density at radius 2 is 0.852 bits per heavy atom. The number of hydrogen-bond acceptors (Lipinski definition) is 13. The summed E-state index contributed by atoms with van der Waals surface area (Å²) in [5.41, 5.74) is 15.8. The van der Waals surface area contributed by atoms with E-state index in [-0.39, 0.29) is 40.4 Å². The van der Waals surface area contributed by atoms with Crippen LogP contribution in [0.2, 0.25) is 15.1 Å². The Morgan fingerprint density at radius 3 is 1.31 bits per heavy atom. The highest BCUT2D eigenvalue weighted by molar-refractivity contribution is 6.35. The molecule has 32 heteroatoms. The van der Waals surface area contributed by atoms with Crippen molar-refractivity contribution in [2.24, 2.45) is 5.73 Å². The lowest BCUT2D eigenvalue weighted by atomic mass is 10.0. The number of anilines is 4. The second-order valence-corrected chi connectivity index (χ2v) is 27.9. The molecule has 588 valence electrons. The zero-order chi connectivity index (χ0) is 79.8. The SMILES string of the molecule is NCCCNC(=O)Nc1n[nH]c2cc(Cl)c(-c3ccccc3)cc12.O=C(NCCCCn1cnc(-c2cccnc2)c1)Nc1n[nH]c2cc(Cl)c(-c3ccccc3)cc12.O=C(NCCCn1ccnc1)Nc1n[nH]c2c(F)c(F)c(-c3ccccc3)cc12.O=C(NCCN1CCCC1)Nc1n[nH]c2cc(Cl)c(-c3ccccc3)cc12. The number of unbranched alkanes of at least 4 members (excludes halogenated alkanes) is 1. The van der Waals surface area contributed by atoms with Crippen molar-refractivity contribution in [3.63, 3.8) is 0 Å². The highest BCUT2D eigenvalue weighted by Crippen LogP contribution is 2.38. The number of nitrogens with zero attached hydrogens (tertiary/aromatic N) is 10. The summed E-state index contributed by atoms with van der Waals surface area (Å²) in [5.74, 6) is -0.456. The molecular weight excluding hydrogens is 1530 g/mol. The summed E-state index contributed by atoms with van der Waals surface area (Å²) >= 11 is 19.3. The number of H-pyrrole nitrogens is 4. The van der Waals surface area contributed by atoms with Crippen LogP contribution in [0.4, 0.5) is 51.2 Å². The predicted molar refractivity (Wildman–Crippen MR) is 450 cm³/mol. The third-order valence-corrected chi connectivity index (χ3v) is 19.6. The number of hydrogen-bond donors (Lipinski definition) is 13. The van der Waals surface area contributed by atoms with Gasteiger partial charge in [-0.25, -0.2) is 37.9 Å². The number of pyridine rings is 1. The van der Waals surface area contributed by atoms with E-state index in [1.54, 1.807) is 55.2 Å². The molecular formula is C83H82Cl3F2N23O4. The molecule has 1 saturated heterocycles. The normalized spacial score (nSPS) is 11.8. The van der Waals surface area contributed by atoms with Crippen molar-refractivity contribution < 1.29 is 28.0 Å². The van der Waals surface area contributed by atoms with Crippen molar-refractivity contribution in [2.45, 2.75) is 51.6 Å². The molecule has 7 aromatic heterocycles. The van der Waals surface area contributed by atoms with Gasteiger partial charge in [-0.05, 0) is 135 Å². The quantitative estimate of drug-likeness (QED) is 0.0251. The third kappa shape index (κ3) is 21.2. The fraction of sp³-hybridized carbons (Fsp3) is 0.193. The molecule has 0 radical (unpaired) electrons. The van der Waals surface area contributed by atoms with Crippen LogP contribution in [0, 0.1) is 11.6 Å². The number of nitrogens with one attached hydrogen (secondary N) is 12. The standard InChI is InChI=1S/C26H24ClN7O.C20H22ClN5O.C20H18F2N6O.C17H18ClN5O/c27-22-14-23-21(13-20(22)18-7-2-1-3-8-18)25(33-32-23)31-26(35)29-11-4-5-12-34-16-24(30-17-34)19-9-6-10-28-15-19;21-17-13-18-16(12-15(17)14-6-2-1-3-7-14)19(25-24-18)23-20(27)22-8-11-26-9-4-5-10-26;21-16-14(13-5-2-1-3-6-13)11-15-18(17(16)22)26-27-19(15)25-20(29)24-7-4-9-28-10-8-23-12-28;18-14-10-15-13(9-12(14)11-5-2-1-3-6-11)16(23-22-15)21-17(24)20-8-4-7-19/h1-3,6-10,13-17H,4-5,11-12H2,(H3,29,31,32,33,35);1-3,6-7,12-13H,4-5,8-11H2,(H3,22,23,24,25,27);1-3,5-6,8,10-12H,4,7,9H2,(H3,24,25,26,27,29);1-3,5-6,9-10H,4,7-8,19H2,(H3,20,21,22,23,24). The summed E-state index contributed by atoms with van der Waals surface area (Å²) in [5, 5.41) is 54.6. The summed E-state index contributed by atoms with van der Waals surface area (Å²) in [6.07, 6.45) is 18.3. The van der Waals surface area contributed by atoms with Crippen molar-refractivity contribution in [3.05, 3.63) is 246 Å². The zero-order valence-electron chi connectivity index (χ0n) is 62.2. The van der Waals surface area contributed by atoms with E-state index in [2.05, 4.69) is 103 Å². The first kappa shape index (κ1) is 80.0. The molecule has 0 saturated carbocycles. The Hall–Kier alpha value is -13.1. The van der Waals surface area contributed by atoms with Gasteiger partial charge in [0, 0.05) is 126 Å². The monoisotopic (exact) mass is 1610 g/mol. The number of fused-ring (bicyclic) bond motifs is 4. The lowest BCUT2D eigenvalue weighted by Crippen LogP contribution is -2.36. The van der Waals surface area contributed by atoms with Gasteiger partial charge in [0.05, 0.1) is 50.0 Å². The Bertz CT molecular complexity index is 5730. The van der Waals surface area contributed by atoms with Crippen molar-refractivity contribution in [1.82, 2.24) is 91.0 Å². The van der Waals surface area contributed by atoms with Crippen molar-refractivity contribution in [1.29, 1.82) is 0 Å². The van der Waals surface area contributed by atoms with Gasteiger partial charge in [-0.3, -0.25) is 46.6 Å². The van der Waals surface area contributed by atoms with E-state index in [1.165, 1.54) is 18.9 Å². The number of halogens is 5. The molecule has 0 bridgehead atoms. The molecule has 0 unspecified atom stereocenters. The van der Waals surface area contributed by atoms with Gasteiger partial charge in [0.1, 0.15) is 5.52 Å². The number of aromatic amines is 4. The Kier molecular flexibility index (Phi) is 27.4. The molecule has 27 nitrogen and oxygen atoms in total. The number of likely N-dealkylation sites (tertiary alicyclic amines) is 1. The van der Waals surface area contributed by atoms with E-state index < -0.39 is 17.7 Å². The number of aryl methyl sites for hydroxylation is 2. The molecule has 1 fully saturated rings. The minimum Gasteiger partial charge on any atom is -0.338 e. The molecule has 8 amide bonds. The molecule has 115 heavy (non-hydrogen) atoms. The van der Waals surface area contributed by atoms with E-state index in [1.807, 2.05) is 167 Å². The van der Waals surface area contributed by atoms with Crippen LogP contribution < -0.4 is 48.3 Å². The van der Waals surface area contributed by atoms with Crippen LogP contribution in [0.25, 0.3) is 99.4 Å². The Labute approximate surface area is 674 Å². The average molecular weight is 1610 g/mol. The summed E-state index contributed by atoms with van der Waals surface area (Å²) in [4.78, 5) is 63.6. The van der Waals surface area contributed by atoms with Crippen LogP contribution in [-0.4, -0.2) is 146 Å². The highest BCUT2D eigenvalue weighted by Gasteiger charge is 2.22. The molecule has 14 N–H and O–H groups in total. The minimum atomic E-state index is -1.04. The number of benzene rings is 8. The largest absolute Gasteiger partial charge is 0.338 e. The smallest absolute Gasteiger partial charge is 0.320 e. The number of nitrogens with two attached hydrogens (primary N) is 1. The number of carbonyl (C=O) groups excluding carboxylic acids is 4. The van der Waals surface area contributed by atoms with E-state index in [0.29, 0.717) is 77.2 Å². The number of amides is 8. The van der Waals surface area contributed by atoms with Gasteiger partial charge in [-0.2, -0.15) is 20.4 Å². The van der Waals surface area contributed by atoms with Gasteiger partial charge in [0.25, 0.3) is 0 Å². The van der Waals surface area contributed by atoms with Gasteiger partial charge in [0.2, 0.25) is 0 Å². The summed E-state index contributed by atoms with van der Waals surface area (Å²) < 4.78 is 32.9. The van der Waals surface area contributed by atoms with Crippen LogP contribution >= 0.6 is 34.8 Å². The lowest BCUT2D eigenvalue weighted by molar-refractivity contribution is 0.249. The molecule has 8 aromatic carbocycles. The Balaban J connectivity index is 0.000000135. The fourth-order valence-corrected chi connectivity index (χ4v) is 13.6. The van der Waals surface area contributed by atoms with Crippen molar-refractivity contribution in [3.8, 4) is 55.8 Å². The maximum atomic E-state index is 14.5. The second-order valence-electron chi connectivity index (χ2n) is 26.7. The molecule has 15 aromatic rings. The van der Waals surface area contributed by atoms with Crippen molar-refractivity contribution in [2.75, 3.05) is 73.6 Å². The van der Waals surface area contributed by atoms with Gasteiger partial charge >= 0.3 is 24.1 Å².